The lowest BCUT2D eigenvalue weighted by Crippen LogP contribution is -2.36. The fraction of sp³-hybridized carbons (Fsp3) is 0.636. The van der Waals surface area contributed by atoms with Crippen LogP contribution in [0.15, 0.2) is 6.20 Å². The Hall–Kier alpha value is -1.14. The number of carbonyl (C=O) groups is 1. The number of nitrogens with zero attached hydrogens (tertiary/aromatic N) is 2. The van der Waals surface area contributed by atoms with Gasteiger partial charge in [0.15, 0.2) is 5.13 Å². The highest BCUT2D eigenvalue weighted by Crippen LogP contribution is 2.26. The molecule has 1 aromatic rings. The van der Waals surface area contributed by atoms with E-state index in [4.69, 9.17) is 4.74 Å². The highest BCUT2D eigenvalue weighted by molar-refractivity contribution is 7.17. The SMILES string of the molecule is COC(=O)c1cnc(N(C)C2CCOCC2)s1. The maximum Gasteiger partial charge on any atom is 0.349 e. The van der Waals surface area contributed by atoms with Crippen LogP contribution < -0.4 is 4.90 Å². The van der Waals surface area contributed by atoms with Gasteiger partial charge in [-0.05, 0) is 12.8 Å². The fourth-order valence-electron chi connectivity index (χ4n) is 1.85. The van der Waals surface area contributed by atoms with E-state index >= 15 is 0 Å². The van der Waals surface area contributed by atoms with Gasteiger partial charge in [-0.25, -0.2) is 9.78 Å². The first-order chi connectivity index (χ1) is 8.22. The van der Waals surface area contributed by atoms with Crippen LogP contribution in [0.1, 0.15) is 22.5 Å². The van der Waals surface area contributed by atoms with Gasteiger partial charge < -0.3 is 14.4 Å². The number of methoxy groups -OCH3 is 1. The Morgan fingerprint density at radius 1 is 1.59 bits per heavy atom. The van der Waals surface area contributed by atoms with Crippen LogP contribution in [0.4, 0.5) is 5.13 Å². The summed E-state index contributed by atoms with van der Waals surface area (Å²) in [7, 11) is 3.39. The predicted molar refractivity (Wildman–Crippen MR) is 65.7 cm³/mol. The van der Waals surface area contributed by atoms with Crippen LogP contribution in [-0.2, 0) is 9.47 Å². The first-order valence-electron chi connectivity index (χ1n) is 5.57. The number of anilines is 1. The van der Waals surface area contributed by atoms with Crippen LogP contribution >= 0.6 is 11.3 Å². The molecule has 1 aliphatic rings. The van der Waals surface area contributed by atoms with E-state index < -0.39 is 0 Å². The van der Waals surface area contributed by atoms with E-state index in [1.165, 1.54) is 18.4 Å². The number of hydrogen-bond donors (Lipinski definition) is 0. The van der Waals surface area contributed by atoms with Crippen molar-refractivity contribution in [3.05, 3.63) is 11.1 Å². The maximum atomic E-state index is 11.3. The van der Waals surface area contributed by atoms with Crippen molar-refractivity contribution in [3.63, 3.8) is 0 Å². The first kappa shape index (κ1) is 12.3. The highest BCUT2D eigenvalue weighted by atomic mass is 32.1. The van der Waals surface area contributed by atoms with E-state index in [9.17, 15) is 4.79 Å². The first-order valence-corrected chi connectivity index (χ1v) is 6.38. The molecule has 0 saturated carbocycles. The van der Waals surface area contributed by atoms with Crippen LogP contribution in [0, 0.1) is 0 Å². The maximum absolute atomic E-state index is 11.3. The molecule has 0 N–H and O–H groups in total. The van der Waals surface area contributed by atoms with Crippen molar-refractivity contribution >= 4 is 22.4 Å². The molecule has 1 aromatic heterocycles. The Labute approximate surface area is 104 Å². The second-order valence-corrected chi connectivity index (χ2v) is 4.96. The second kappa shape index (κ2) is 5.46. The van der Waals surface area contributed by atoms with Gasteiger partial charge in [0, 0.05) is 26.3 Å². The Balaban J connectivity index is 2.05. The van der Waals surface area contributed by atoms with Crippen LogP contribution in [0.3, 0.4) is 0 Å². The molecule has 6 heteroatoms. The van der Waals surface area contributed by atoms with E-state index in [1.807, 2.05) is 7.05 Å². The summed E-state index contributed by atoms with van der Waals surface area (Å²) >= 11 is 1.37. The van der Waals surface area contributed by atoms with E-state index in [1.54, 1.807) is 6.20 Å². The summed E-state index contributed by atoms with van der Waals surface area (Å²) in [6.07, 6.45) is 3.58. The average molecular weight is 256 g/mol. The Kier molecular flexibility index (Phi) is 3.96. The normalized spacial score (nSPS) is 16.8. The molecule has 1 aliphatic heterocycles. The topological polar surface area (TPSA) is 51.7 Å². The third kappa shape index (κ3) is 2.76. The van der Waals surface area contributed by atoms with E-state index in [-0.39, 0.29) is 5.97 Å². The van der Waals surface area contributed by atoms with Gasteiger partial charge in [0.2, 0.25) is 0 Å². The lowest BCUT2D eigenvalue weighted by molar-refractivity contribution is 0.0606. The number of esters is 1. The zero-order valence-electron chi connectivity index (χ0n) is 10.0. The molecule has 0 spiro atoms. The quantitative estimate of drug-likeness (QED) is 0.768. The lowest BCUT2D eigenvalue weighted by atomic mass is 10.1. The van der Waals surface area contributed by atoms with Gasteiger partial charge in [-0.15, -0.1) is 0 Å². The molecule has 5 nitrogen and oxygen atoms in total. The third-order valence-corrected chi connectivity index (χ3v) is 3.99. The fourth-order valence-corrected chi connectivity index (χ4v) is 2.72. The van der Waals surface area contributed by atoms with Crippen molar-refractivity contribution in [1.29, 1.82) is 0 Å². The molecule has 0 amide bonds. The average Bonchev–Trinajstić information content (AvgIpc) is 2.87. The molecular weight excluding hydrogens is 240 g/mol. The number of rotatable bonds is 3. The minimum atomic E-state index is -0.325. The van der Waals surface area contributed by atoms with Crippen LogP contribution in [0.5, 0.6) is 0 Å². The van der Waals surface area contributed by atoms with Crippen molar-refractivity contribution in [1.82, 2.24) is 4.98 Å². The summed E-state index contributed by atoms with van der Waals surface area (Å²) in [5.74, 6) is -0.325. The summed E-state index contributed by atoms with van der Waals surface area (Å²) < 4.78 is 10.00. The number of ether oxygens (including phenoxy) is 2. The monoisotopic (exact) mass is 256 g/mol. The third-order valence-electron chi connectivity index (χ3n) is 2.92. The summed E-state index contributed by atoms with van der Waals surface area (Å²) in [6.45, 7) is 1.59. The van der Waals surface area contributed by atoms with Gasteiger partial charge in [0.05, 0.1) is 13.3 Å². The molecule has 0 atom stereocenters. The number of carbonyl (C=O) groups excluding carboxylic acids is 1. The van der Waals surface area contributed by atoms with Crippen molar-refractivity contribution in [2.24, 2.45) is 0 Å². The van der Waals surface area contributed by atoms with E-state index in [0.29, 0.717) is 10.9 Å². The minimum Gasteiger partial charge on any atom is -0.465 e. The zero-order chi connectivity index (χ0) is 12.3. The lowest BCUT2D eigenvalue weighted by Gasteiger charge is -2.30. The van der Waals surface area contributed by atoms with Crippen LogP contribution in [0.25, 0.3) is 0 Å². The molecule has 0 aliphatic carbocycles. The van der Waals surface area contributed by atoms with Gasteiger partial charge >= 0.3 is 5.97 Å². The molecule has 0 aromatic carbocycles. The predicted octanol–water partition coefficient (Wildman–Crippen LogP) is 1.54. The molecule has 1 saturated heterocycles. The van der Waals surface area contributed by atoms with E-state index in [0.717, 1.165) is 31.2 Å². The Morgan fingerprint density at radius 3 is 2.94 bits per heavy atom. The molecule has 94 valence electrons. The molecule has 0 bridgehead atoms. The van der Waals surface area contributed by atoms with Crippen molar-refractivity contribution in [3.8, 4) is 0 Å². The Morgan fingerprint density at radius 2 is 2.29 bits per heavy atom. The molecule has 2 rings (SSSR count). The minimum absolute atomic E-state index is 0.325. The van der Waals surface area contributed by atoms with Crippen LogP contribution in [-0.4, -0.2) is 44.4 Å². The molecule has 2 heterocycles. The Bertz CT molecular complexity index is 388. The molecule has 17 heavy (non-hydrogen) atoms. The van der Waals surface area contributed by atoms with Gasteiger partial charge in [0.25, 0.3) is 0 Å². The molecule has 0 unspecified atom stereocenters. The molecule has 0 radical (unpaired) electrons. The number of thiazole rings is 1. The van der Waals surface area contributed by atoms with Gasteiger partial charge in [0.1, 0.15) is 4.88 Å². The summed E-state index contributed by atoms with van der Waals surface area (Å²) in [5.41, 5.74) is 0. The summed E-state index contributed by atoms with van der Waals surface area (Å²) in [4.78, 5) is 18.3. The van der Waals surface area contributed by atoms with Crippen molar-refractivity contribution in [2.75, 3.05) is 32.3 Å². The standard InChI is InChI=1S/C11H16N2O3S/c1-13(8-3-5-16-6-4-8)11-12-7-9(17-11)10(14)15-2/h7-8H,3-6H2,1-2H3. The number of aromatic nitrogens is 1. The van der Waals surface area contributed by atoms with Gasteiger partial charge in [-0.1, -0.05) is 11.3 Å². The largest absolute Gasteiger partial charge is 0.465 e. The molecular formula is C11H16N2O3S. The summed E-state index contributed by atoms with van der Waals surface area (Å²) in [6, 6.07) is 0.445. The smallest absolute Gasteiger partial charge is 0.349 e. The second-order valence-electron chi connectivity index (χ2n) is 3.95. The zero-order valence-corrected chi connectivity index (χ0v) is 10.8. The number of hydrogen-bond acceptors (Lipinski definition) is 6. The van der Waals surface area contributed by atoms with Crippen LogP contribution in [0.2, 0.25) is 0 Å². The van der Waals surface area contributed by atoms with Crippen molar-refractivity contribution < 1.29 is 14.3 Å². The van der Waals surface area contributed by atoms with E-state index in [2.05, 4.69) is 14.6 Å². The van der Waals surface area contributed by atoms with Gasteiger partial charge in [-0.2, -0.15) is 0 Å². The molecule has 1 fully saturated rings. The summed E-state index contributed by atoms with van der Waals surface area (Å²) in [5, 5.41) is 0.859. The van der Waals surface area contributed by atoms with Gasteiger partial charge in [-0.3, -0.25) is 0 Å². The highest BCUT2D eigenvalue weighted by Gasteiger charge is 2.21. The van der Waals surface area contributed by atoms with Crippen molar-refractivity contribution in [2.45, 2.75) is 18.9 Å².